The maximum absolute atomic E-state index is 12.5. The van der Waals surface area contributed by atoms with Crippen molar-refractivity contribution in [3.63, 3.8) is 0 Å². The second kappa shape index (κ2) is 7.74. The Morgan fingerprint density at radius 1 is 1.09 bits per heavy atom. The van der Waals surface area contributed by atoms with Gasteiger partial charge in [-0.1, -0.05) is 17.3 Å². The van der Waals surface area contributed by atoms with Crippen LogP contribution in [0.25, 0.3) is 11.4 Å². The molecule has 1 fully saturated rings. The summed E-state index contributed by atoms with van der Waals surface area (Å²) >= 11 is 0. The van der Waals surface area contributed by atoms with Gasteiger partial charge >= 0.3 is 6.36 Å². The number of carbonyl (C=O) groups excluding carboxylic acids is 1. The Hall–Kier alpha value is -3.76. The predicted octanol–water partition coefficient (Wildman–Crippen LogP) is 4.23. The fourth-order valence-corrected chi connectivity index (χ4v) is 3.71. The summed E-state index contributed by atoms with van der Waals surface area (Å²) in [5.41, 5.74) is 1.33. The Labute approximate surface area is 179 Å². The number of likely N-dealkylation sites (tertiary alicyclic amines) is 1. The summed E-state index contributed by atoms with van der Waals surface area (Å²) in [4.78, 5) is 18.5. The van der Waals surface area contributed by atoms with E-state index in [4.69, 9.17) is 14.0 Å². The summed E-state index contributed by atoms with van der Waals surface area (Å²) in [5, 5.41) is 4.03. The highest BCUT2D eigenvalue weighted by molar-refractivity contribution is 5.79. The van der Waals surface area contributed by atoms with E-state index >= 15 is 0 Å². The van der Waals surface area contributed by atoms with E-state index in [1.54, 1.807) is 23.1 Å². The van der Waals surface area contributed by atoms with Gasteiger partial charge in [0.25, 0.3) is 0 Å². The number of aromatic nitrogens is 2. The molecule has 0 spiro atoms. The topological polar surface area (TPSA) is 86.9 Å². The summed E-state index contributed by atoms with van der Waals surface area (Å²) in [6, 6.07) is 10.2. The molecule has 2 aliphatic heterocycles. The molecule has 0 N–H and O–H groups in total. The van der Waals surface area contributed by atoms with E-state index in [1.165, 1.54) is 24.3 Å². The lowest BCUT2D eigenvalue weighted by Crippen LogP contribution is -2.27. The minimum absolute atomic E-state index is 0.103. The van der Waals surface area contributed by atoms with Crippen LogP contribution in [0.15, 0.2) is 47.0 Å². The number of carbonyl (C=O) groups is 1. The van der Waals surface area contributed by atoms with Crippen molar-refractivity contribution in [1.82, 2.24) is 15.0 Å². The molecule has 8 nitrogen and oxygen atoms in total. The van der Waals surface area contributed by atoms with Gasteiger partial charge in [-0.15, -0.1) is 13.2 Å². The first-order valence-corrected chi connectivity index (χ1v) is 9.73. The number of fused-ring (bicyclic) bond motifs is 1. The fraction of sp³-hybridized carbons (Fsp3) is 0.286. The second-order valence-corrected chi connectivity index (χ2v) is 7.29. The standard InChI is InChI=1S/C21H16F3N3O5/c22-21(23,24)31-14-4-1-12(2-5-14)10-27-15(6-8-18(27)28)20-25-19(26-32-20)13-3-7-16-17(9-13)30-11-29-16/h1-5,7,9,15H,6,8,10-11H2. The Balaban J connectivity index is 1.32. The molecule has 1 atom stereocenters. The molecule has 0 aliphatic carbocycles. The molecule has 1 saturated heterocycles. The number of ether oxygens (including phenoxy) is 3. The molecule has 3 heterocycles. The highest BCUT2D eigenvalue weighted by Gasteiger charge is 2.36. The Morgan fingerprint density at radius 2 is 1.88 bits per heavy atom. The molecular weight excluding hydrogens is 431 g/mol. The van der Waals surface area contributed by atoms with Crippen LogP contribution in [0, 0.1) is 0 Å². The average molecular weight is 447 g/mol. The van der Waals surface area contributed by atoms with Gasteiger partial charge in [-0.3, -0.25) is 4.79 Å². The molecule has 5 rings (SSSR count). The van der Waals surface area contributed by atoms with Gasteiger partial charge < -0.3 is 23.6 Å². The Morgan fingerprint density at radius 3 is 2.66 bits per heavy atom. The molecule has 32 heavy (non-hydrogen) atoms. The van der Waals surface area contributed by atoms with E-state index in [2.05, 4.69) is 14.9 Å². The zero-order valence-corrected chi connectivity index (χ0v) is 16.5. The van der Waals surface area contributed by atoms with Gasteiger partial charge in [-0.2, -0.15) is 4.98 Å². The lowest BCUT2D eigenvalue weighted by atomic mass is 10.1. The lowest BCUT2D eigenvalue weighted by Gasteiger charge is -2.22. The number of hydrogen-bond donors (Lipinski definition) is 0. The predicted molar refractivity (Wildman–Crippen MR) is 102 cm³/mol. The zero-order chi connectivity index (χ0) is 22.3. The molecule has 2 aromatic carbocycles. The molecular formula is C21H16F3N3O5. The van der Waals surface area contributed by atoms with Crippen molar-refractivity contribution in [1.29, 1.82) is 0 Å². The van der Waals surface area contributed by atoms with Crippen LogP contribution >= 0.6 is 0 Å². The largest absolute Gasteiger partial charge is 0.573 e. The normalized spacial score (nSPS) is 17.8. The first-order valence-electron chi connectivity index (χ1n) is 9.73. The lowest BCUT2D eigenvalue weighted by molar-refractivity contribution is -0.274. The van der Waals surface area contributed by atoms with Crippen LogP contribution in [0.1, 0.15) is 30.3 Å². The number of amides is 1. The second-order valence-electron chi connectivity index (χ2n) is 7.29. The van der Waals surface area contributed by atoms with Crippen LogP contribution in [0.5, 0.6) is 17.2 Å². The van der Waals surface area contributed by atoms with Crippen molar-refractivity contribution in [3.8, 4) is 28.6 Å². The Kier molecular flexibility index (Phi) is 4.87. The maximum atomic E-state index is 12.5. The summed E-state index contributed by atoms with van der Waals surface area (Å²) in [5.74, 6) is 1.44. The van der Waals surface area contributed by atoms with Crippen LogP contribution in [0.2, 0.25) is 0 Å². The minimum atomic E-state index is -4.76. The summed E-state index contributed by atoms with van der Waals surface area (Å²) in [6.45, 7) is 0.344. The van der Waals surface area contributed by atoms with E-state index in [0.717, 1.165) is 0 Å². The van der Waals surface area contributed by atoms with E-state index < -0.39 is 12.4 Å². The first-order chi connectivity index (χ1) is 15.4. The van der Waals surface area contributed by atoms with Gasteiger partial charge in [0, 0.05) is 18.5 Å². The van der Waals surface area contributed by atoms with E-state index in [1.807, 2.05) is 0 Å². The van der Waals surface area contributed by atoms with Crippen LogP contribution in [0.4, 0.5) is 13.2 Å². The molecule has 1 aromatic heterocycles. The molecule has 3 aromatic rings. The van der Waals surface area contributed by atoms with Crippen LogP contribution in [-0.4, -0.2) is 34.1 Å². The molecule has 166 valence electrons. The van der Waals surface area contributed by atoms with Gasteiger partial charge in [0.1, 0.15) is 11.8 Å². The van der Waals surface area contributed by atoms with E-state index in [-0.39, 0.29) is 25.0 Å². The fourth-order valence-electron chi connectivity index (χ4n) is 3.71. The molecule has 0 saturated carbocycles. The highest BCUT2D eigenvalue weighted by Crippen LogP contribution is 2.37. The van der Waals surface area contributed by atoms with Crippen molar-refractivity contribution in [2.75, 3.05) is 6.79 Å². The van der Waals surface area contributed by atoms with E-state index in [0.29, 0.717) is 47.2 Å². The maximum Gasteiger partial charge on any atom is 0.573 e. The molecule has 2 aliphatic rings. The average Bonchev–Trinajstić information content (AvgIpc) is 3.48. The molecule has 0 bridgehead atoms. The summed E-state index contributed by atoms with van der Waals surface area (Å²) < 4.78 is 57.0. The van der Waals surface area contributed by atoms with Crippen molar-refractivity contribution >= 4 is 5.91 Å². The van der Waals surface area contributed by atoms with Crippen molar-refractivity contribution in [2.24, 2.45) is 0 Å². The van der Waals surface area contributed by atoms with Gasteiger partial charge in [-0.05, 0) is 42.3 Å². The SMILES string of the molecule is O=C1CCC(c2nc(-c3ccc4c(c3)OCO4)no2)N1Cc1ccc(OC(F)(F)F)cc1. The molecule has 1 amide bonds. The van der Waals surface area contributed by atoms with E-state index in [9.17, 15) is 18.0 Å². The quantitative estimate of drug-likeness (QED) is 0.579. The van der Waals surface area contributed by atoms with Gasteiger partial charge in [0.2, 0.25) is 24.4 Å². The molecule has 0 radical (unpaired) electrons. The van der Waals surface area contributed by atoms with Crippen molar-refractivity contribution in [2.45, 2.75) is 31.8 Å². The van der Waals surface area contributed by atoms with Crippen molar-refractivity contribution < 1.29 is 36.7 Å². The molecule has 11 heteroatoms. The number of alkyl halides is 3. The molecule has 1 unspecified atom stereocenters. The number of hydrogen-bond acceptors (Lipinski definition) is 7. The highest BCUT2D eigenvalue weighted by atomic mass is 19.4. The smallest absolute Gasteiger partial charge is 0.454 e. The Bertz CT molecular complexity index is 1150. The van der Waals surface area contributed by atoms with Crippen molar-refractivity contribution in [3.05, 3.63) is 53.9 Å². The monoisotopic (exact) mass is 447 g/mol. The third kappa shape index (κ3) is 4.05. The van der Waals surface area contributed by atoms with Crippen LogP contribution in [0.3, 0.4) is 0 Å². The number of benzene rings is 2. The van der Waals surface area contributed by atoms with Gasteiger partial charge in [-0.25, -0.2) is 0 Å². The van der Waals surface area contributed by atoms with Crippen LogP contribution in [-0.2, 0) is 11.3 Å². The summed E-state index contributed by atoms with van der Waals surface area (Å²) in [7, 11) is 0. The summed E-state index contributed by atoms with van der Waals surface area (Å²) in [6.07, 6.45) is -3.95. The number of nitrogens with zero attached hydrogens (tertiary/aromatic N) is 3. The van der Waals surface area contributed by atoms with Gasteiger partial charge in [0.15, 0.2) is 11.5 Å². The third-order valence-corrected chi connectivity index (χ3v) is 5.20. The number of rotatable bonds is 5. The van der Waals surface area contributed by atoms with Crippen LogP contribution < -0.4 is 14.2 Å². The number of halogens is 3. The van der Waals surface area contributed by atoms with Gasteiger partial charge in [0.05, 0.1) is 0 Å². The third-order valence-electron chi connectivity index (χ3n) is 5.20. The minimum Gasteiger partial charge on any atom is -0.454 e. The first kappa shape index (κ1) is 20.2. The zero-order valence-electron chi connectivity index (χ0n) is 16.5.